The van der Waals surface area contributed by atoms with Gasteiger partial charge in [0.25, 0.3) is 0 Å². The fraction of sp³-hybridized carbons (Fsp3) is 0.462. The first kappa shape index (κ1) is 15.5. The Hall–Kier alpha value is -1.56. The third-order valence-corrected chi connectivity index (χ3v) is 4.20. The van der Waals surface area contributed by atoms with E-state index in [1.807, 2.05) is 6.92 Å². The molecule has 0 aromatic heterocycles. The molecule has 0 aliphatic carbocycles. The van der Waals surface area contributed by atoms with Crippen LogP contribution in [-0.2, 0) is 14.8 Å². The Bertz CT molecular complexity index is 520. The fourth-order valence-electron chi connectivity index (χ4n) is 1.23. The van der Waals surface area contributed by atoms with Gasteiger partial charge in [0.05, 0.1) is 17.4 Å². The zero-order valence-corrected chi connectivity index (χ0v) is 12.2. The lowest BCUT2D eigenvalue weighted by molar-refractivity contribution is 0.0505. The van der Waals surface area contributed by atoms with Gasteiger partial charge in [0.1, 0.15) is 0 Å². The molecule has 1 rings (SSSR count). The molecule has 0 heterocycles. The van der Waals surface area contributed by atoms with E-state index in [9.17, 15) is 13.2 Å². The molecule has 6 heteroatoms. The predicted octanol–water partition coefficient (Wildman–Crippen LogP) is 2.40. The van der Waals surface area contributed by atoms with Gasteiger partial charge in [0.15, 0.2) is 0 Å². The predicted molar refractivity (Wildman–Crippen MR) is 74.7 cm³/mol. The zero-order chi connectivity index (χ0) is 14.5. The minimum atomic E-state index is -3.36. The van der Waals surface area contributed by atoms with Crippen LogP contribution in [0.4, 0.5) is 5.69 Å². The molecule has 0 radical (unpaired) electrons. The van der Waals surface area contributed by atoms with E-state index in [1.54, 1.807) is 26.0 Å². The molecule has 1 N–H and O–H groups in total. The van der Waals surface area contributed by atoms with Gasteiger partial charge in [-0.2, -0.15) is 0 Å². The van der Waals surface area contributed by atoms with E-state index in [0.29, 0.717) is 17.9 Å². The highest BCUT2D eigenvalue weighted by molar-refractivity contribution is 7.93. The minimum absolute atomic E-state index is 0.376. The number of carbonyl (C=O) groups excluding carboxylic acids is 1. The van der Waals surface area contributed by atoms with Crippen LogP contribution in [0.15, 0.2) is 24.3 Å². The van der Waals surface area contributed by atoms with Crippen molar-refractivity contribution in [3.05, 3.63) is 29.8 Å². The molecule has 0 spiro atoms. The van der Waals surface area contributed by atoms with Crippen LogP contribution < -0.4 is 4.72 Å². The summed E-state index contributed by atoms with van der Waals surface area (Å²) in [6.45, 7) is 5.48. The minimum Gasteiger partial charge on any atom is -0.462 e. The Morgan fingerprint density at radius 2 is 1.84 bits per heavy atom. The average molecular weight is 285 g/mol. The first-order valence-electron chi connectivity index (χ1n) is 6.15. The van der Waals surface area contributed by atoms with Crippen molar-refractivity contribution in [3.8, 4) is 0 Å². The first-order valence-corrected chi connectivity index (χ1v) is 7.70. The second-order valence-electron chi connectivity index (χ2n) is 4.41. The number of benzene rings is 1. The summed E-state index contributed by atoms with van der Waals surface area (Å²) in [6.07, 6.45) is 0.762. The van der Waals surface area contributed by atoms with Gasteiger partial charge in [-0.1, -0.05) is 6.92 Å². The molecule has 5 nitrogen and oxygen atoms in total. The Morgan fingerprint density at radius 1 is 1.26 bits per heavy atom. The topological polar surface area (TPSA) is 72.5 Å². The third-order valence-electron chi connectivity index (χ3n) is 2.44. The molecule has 0 atom stereocenters. The van der Waals surface area contributed by atoms with Gasteiger partial charge in [-0.25, -0.2) is 13.2 Å². The summed E-state index contributed by atoms with van der Waals surface area (Å²) < 4.78 is 30.7. The maximum absolute atomic E-state index is 11.7. The number of nitrogens with one attached hydrogen (secondary N) is 1. The molecule has 1 aromatic rings. The fourth-order valence-corrected chi connectivity index (χ4v) is 1.93. The molecule has 0 bridgehead atoms. The summed E-state index contributed by atoms with van der Waals surface area (Å²) >= 11 is 0. The van der Waals surface area contributed by atoms with E-state index < -0.39 is 21.2 Å². The van der Waals surface area contributed by atoms with Crippen LogP contribution in [-0.4, -0.2) is 26.2 Å². The van der Waals surface area contributed by atoms with Crippen LogP contribution in [0, 0.1) is 0 Å². The van der Waals surface area contributed by atoms with Gasteiger partial charge in [-0.3, -0.25) is 4.72 Å². The lowest BCUT2D eigenvalue weighted by atomic mass is 10.2. The van der Waals surface area contributed by atoms with E-state index in [1.165, 1.54) is 12.1 Å². The van der Waals surface area contributed by atoms with Crippen molar-refractivity contribution in [3.63, 3.8) is 0 Å². The number of esters is 1. The maximum Gasteiger partial charge on any atom is 0.338 e. The molecular formula is C13H19NO4S. The molecule has 0 fully saturated rings. The smallest absolute Gasteiger partial charge is 0.338 e. The SMILES string of the molecule is CCCOC(=O)c1ccc(NS(=O)(=O)C(C)C)cc1. The highest BCUT2D eigenvalue weighted by atomic mass is 32.2. The number of hydrogen-bond donors (Lipinski definition) is 1. The normalized spacial score (nSPS) is 11.4. The Kier molecular flexibility index (Phi) is 5.35. The molecular weight excluding hydrogens is 266 g/mol. The number of hydrogen-bond acceptors (Lipinski definition) is 4. The summed E-state index contributed by atoms with van der Waals surface area (Å²) in [5.74, 6) is -0.403. The van der Waals surface area contributed by atoms with Crippen molar-refractivity contribution in [1.29, 1.82) is 0 Å². The number of sulfonamides is 1. The van der Waals surface area contributed by atoms with Gasteiger partial charge in [-0.15, -0.1) is 0 Å². The van der Waals surface area contributed by atoms with Gasteiger partial charge in [0.2, 0.25) is 10.0 Å². The van der Waals surface area contributed by atoms with Crippen molar-refractivity contribution >= 4 is 21.7 Å². The number of ether oxygens (including phenoxy) is 1. The van der Waals surface area contributed by atoms with Crippen molar-refractivity contribution < 1.29 is 17.9 Å². The third kappa shape index (κ3) is 4.55. The van der Waals surface area contributed by atoms with Crippen molar-refractivity contribution in [2.45, 2.75) is 32.4 Å². The maximum atomic E-state index is 11.7. The van der Waals surface area contributed by atoms with E-state index in [-0.39, 0.29) is 0 Å². The zero-order valence-electron chi connectivity index (χ0n) is 11.3. The number of anilines is 1. The van der Waals surface area contributed by atoms with Gasteiger partial charge >= 0.3 is 5.97 Å². The Labute approximate surface area is 114 Å². The van der Waals surface area contributed by atoms with E-state index in [2.05, 4.69) is 4.72 Å². The van der Waals surface area contributed by atoms with Crippen LogP contribution in [0.2, 0.25) is 0 Å². The Morgan fingerprint density at radius 3 is 2.32 bits per heavy atom. The highest BCUT2D eigenvalue weighted by Crippen LogP contribution is 2.14. The summed E-state index contributed by atoms with van der Waals surface area (Å²) in [4.78, 5) is 11.5. The van der Waals surface area contributed by atoms with Crippen LogP contribution in [0.1, 0.15) is 37.6 Å². The molecule has 106 valence electrons. The monoisotopic (exact) mass is 285 g/mol. The first-order chi connectivity index (χ1) is 8.86. The van der Waals surface area contributed by atoms with E-state index in [4.69, 9.17) is 4.74 Å². The Balaban J connectivity index is 2.75. The molecule has 0 aliphatic heterocycles. The molecule has 0 aliphatic rings. The summed E-state index contributed by atoms with van der Waals surface area (Å²) in [5, 5.41) is -0.512. The van der Waals surface area contributed by atoms with Crippen LogP contribution in [0.5, 0.6) is 0 Å². The molecule has 0 unspecified atom stereocenters. The average Bonchev–Trinajstić information content (AvgIpc) is 2.36. The second-order valence-corrected chi connectivity index (χ2v) is 6.65. The summed E-state index contributed by atoms with van der Waals surface area (Å²) in [6, 6.07) is 6.16. The van der Waals surface area contributed by atoms with Crippen molar-refractivity contribution in [1.82, 2.24) is 0 Å². The molecule has 1 aromatic carbocycles. The van der Waals surface area contributed by atoms with Gasteiger partial charge < -0.3 is 4.74 Å². The number of carbonyl (C=O) groups is 1. The molecule has 0 saturated carbocycles. The van der Waals surface area contributed by atoms with Gasteiger partial charge in [-0.05, 0) is 44.5 Å². The molecule has 0 amide bonds. The van der Waals surface area contributed by atoms with E-state index in [0.717, 1.165) is 6.42 Å². The molecule has 0 saturated heterocycles. The van der Waals surface area contributed by atoms with Crippen LogP contribution >= 0.6 is 0 Å². The quantitative estimate of drug-likeness (QED) is 0.815. The lowest BCUT2D eigenvalue weighted by Crippen LogP contribution is -2.22. The second kappa shape index (κ2) is 6.56. The van der Waals surface area contributed by atoms with Crippen molar-refractivity contribution in [2.75, 3.05) is 11.3 Å². The van der Waals surface area contributed by atoms with Gasteiger partial charge in [0, 0.05) is 5.69 Å². The largest absolute Gasteiger partial charge is 0.462 e. The summed E-state index contributed by atoms with van der Waals surface area (Å²) in [7, 11) is -3.36. The van der Waals surface area contributed by atoms with Crippen molar-refractivity contribution in [2.24, 2.45) is 0 Å². The van der Waals surface area contributed by atoms with Crippen LogP contribution in [0.3, 0.4) is 0 Å². The highest BCUT2D eigenvalue weighted by Gasteiger charge is 2.15. The van der Waals surface area contributed by atoms with E-state index >= 15 is 0 Å². The van der Waals surface area contributed by atoms with Crippen LogP contribution in [0.25, 0.3) is 0 Å². The number of rotatable bonds is 6. The lowest BCUT2D eigenvalue weighted by Gasteiger charge is -2.11. The standard InChI is InChI=1S/C13H19NO4S/c1-4-9-18-13(15)11-5-7-12(8-6-11)14-19(16,17)10(2)3/h5-8,10,14H,4,9H2,1-3H3. The summed E-state index contributed by atoms with van der Waals surface area (Å²) in [5.41, 5.74) is 0.835. The molecule has 19 heavy (non-hydrogen) atoms.